The Hall–Kier alpha value is -1.75. The maximum atomic E-state index is 13.5. The highest BCUT2D eigenvalue weighted by atomic mass is 32.1. The molecule has 1 saturated carbocycles. The highest BCUT2D eigenvalue weighted by Gasteiger charge is 2.28. The van der Waals surface area contributed by atoms with E-state index in [2.05, 4.69) is 10.3 Å². The largest absolute Gasteiger partial charge is 0.347 e. The number of hydrogen-bond donors (Lipinski definition) is 1. The van der Waals surface area contributed by atoms with Crippen LogP contribution in [0.2, 0.25) is 0 Å². The lowest BCUT2D eigenvalue weighted by Gasteiger charge is -2.05. The van der Waals surface area contributed by atoms with Crippen molar-refractivity contribution in [2.24, 2.45) is 0 Å². The number of carbonyl (C=O) groups is 1. The van der Waals surface area contributed by atoms with Gasteiger partial charge in [0.05, 0.1) is 10.7 Å². The lowest BCUT2D eigenvalue weighted by Crippen LogP contribution is -2.23. The van der Waals surface area contributed by atoms with E-state index < -0.39 is 0 Å². The van der Waals surface area contributed by atoms with Gasteiger partial charge < -0.3 is 5.32 Å². The average Bonchev–Trinajstić information content (AvgIpc) is 3.21. The zero-order valence-corrected chi connectivity index (χ0v) is 12.0. The number of nitrogens with one attached hydrogen (secondary N) is 1. The van der Waals surface area contributed by atoms with E-state index in [1.165, 1.54) is 30.2 Å². The van der Waals surface area contributed by atoms with E-state index in [0.717, 1.165) is 10.7 Å². The first-order chi connectivity index (χ1) is 9.65. The van der Waals surface area contributed by atoms with Gasteiger partial charge in [-0.2, -0.15) is 0 Å². The summed E-state index contributed by atoms with van der Waals surface area (Å²) < 4.78 is 13.5. The van der Waals surface area contributed by atoms with E-state index >= 15 is 0 Å². The number of aryl methyl sites for hydroxylation is 1. The summed E-state index contributed by atoms with van der Waals surface area (Å²) in [6.45, 7) is 2.04. The molecule has 1 N–H and O–H groups in total. The van der Waals surface area contributed by atoms with Crippen LogP contribution >= 0.6 is 11.3 Å². The van der Waals surface area contributed by atoms with Crippen LogP contribution in [0.4, 0.5) is 4.39 Å². The molecule has 1 aliphatic carbocycles. The molecule has 0 bridgehead atoms. The molecule has 2 aromatic rings. The van der Waals surface area contributed by atoms with Crippen molar-refractivity contribution in [3.05, 3.63) is 51.2 Å². The topological polar surface area (TPSA) is 42.0 Å². The molecule has 0 aliphatic heterocycles. The predicted molar refractivity (Wildman–Crippen MR) is 76.4 cm³/mol. The molecular formula is C15H15FN2OS. The van der Waals surface area contributed by atoms with Crippen LogP contribution in [0, 0.1) is 12.7 Å². The highest BCUT2D eigenvalue weighted by molar-refractivity contribution is 7.13. The second kappa shape index (κ2) is 5.32. The standard InChI is InChI=1S/C15H15FN2OS/c1-9-13(20-15(18-9)10-6-7-10)14(19)17-8-11-4-2-3-5-12(11)16/h2-5,10H,6-8H2,1H3,(H,17,19). The van der Waals surface area contributed by atoms with Crippen molar-refractivity contribution in [3.8, 4) is 0 Å². The molecule has 0 saturated heterocycles. The van der Waals surface area contributed by atoms with Crippen LogP contribution in [-0.4, -0.2) is 10.9 Å². The summed E-state index contributed by atoms with van der Waals surface area (Å²) in [6.07, 6.45) is 2.34. The molecule has 5 heteroatoms. The van der Waals surface area contributed by atoms with Gasteiger partial charge in [0, 0.05) is 18.0 Å². The molecule has 0 radical (unpaired) electrons. The Bertz CT molecular complexity index is 649. The quantitative estimate of drug-likeness (QED) is 0.937. The third-order valence-electron chi connectivity index (χ3n) is 3.34. The molecule has 1 heterocycles. The van der Waals surface area contributed by atoms with E-state index in [-0.39, 0.29) is 18.3 Å². The number of nitrogens with zero attached hydrogens (tertiary/aromatic N) is 1. The molecule has 0 spiro atoms. The summed E-state index contributed by atoms with van der Waals surface area (Å²) in [6, 6.07) is 6.46. The maximum absolute atomic E-state index is 13.5. The Balaban J connectivity index is 1.68. The fraction of sp³-hybridized carbons (Fsp3) is 0.333. The summed E-state index contributed by atoms with van der Waals surface area (Å²) in [4.78, 5) is 17.2. The van der Waals surface area contributed by atoms with Crippen molar-refractivity contribution in [3.63, 3.8) is 0 Å². The second-order valence-corrected chi connectivity index (χ2v) is 6.05. The van der Waals surface area contributed by atoms with Gasteiger partial charge in [0.2, 0.25) is 0 Å². The van der Waals surface area contributed by atoms with Crippen molar-refractivity contribution >= 4 is 17.2 Å². The first kappa shape index (κ1) is 13.2. The number of amides is 1. The summed E-state index contributed by atoms with van der Waals surface area (Å²) in [5.41, 5.74) is 1.26. The first-order valence-corrected chi connectivity index (χ1v) is 7.45. The lowest BCUT2D eigenvalue weighted by atomic mass is 10.2. The number of aromatic nitrogens is 1. The van der Waals surface area contributed by atoms with E-state index in [0.29, 0.717) is 16.4 Å². The summed E-state index contributed by atoms with van der Waals surface area (Å²) in [5, 5.41) is 3.82. The van der Waals surface area contributed by atoms with Crippen LogP contribution in [0.5, 0.6) is 0 Å². The van der Waals surface area contributed by atoms with Crippen LogP contribution in [0.1, 0.15) is 44.7 Å². The molecule has 1 aliphatic rings. The molecule has 20 heavy (non-hydrogen) atoms. The Morgan fingerprint density at radius 3 is 2.90 bits per heavy atom. The third kappa shape index (κ3) is 2.72. The number of hydrogen-bond acceptors (Lipinski definition) is 3. The van der Waals surface area contributed by atoms with E-state index in [1.807, 2.05) is 6.92 Å². The number of benzene rings is 1. The van der Waals surface area contributed by atoms with Gasteiger partial charge in [-0.05, 0) is 25.8 Å². The van der Waals surface area contributed by atoms with Crippen LogP contribution < -0.4 is 5.32 Å². The smallest absolute Gasteiger partial charge is 0.263 e. The van der Waals surface area contributed by atoms with Crippen molar-refractivity contribution < 1.29 is 9.18 Å². The van der Waals surface area contributed by atoms with Gasteiger partial charge in [0.15, 0.2) is 0 Å². The Kier molecular flexibility index (Phi) is 3.53. The van der Waals surface area contributed by atoms with Crippen LogP contribution in [0.15, 0.2) is 24.3 Å². The fourth-order valence-electron chi connectivity index (χ4n) is 2.03. The Morgan fingerprint density at radius 2 is 2.20 bits per heavy atom. The number of rotatable bonds is 4. The Morgan fingerprint density at radius 1 is 1.45 bits per heavy atom. The molecule has 1 fully saturated rings. The second-order valence-electron chi connectivity index (χ2n) is 5.01. The first-order valence-electron chi connectivity index (χ1n) is 6.64. The molecule has 3 nitrogen and oxygen atoms in total. The van der Waals surface area contributed by atoms with Gasteiger partial charge in [-0.1, -0.05) is 18.2 Å². The summed E-state index contributed by atoms with van der Waals surface area (Å²) in [7, 11) is 0. The molecule has 104 valence electrons. The third-order valence-corrected chi connectivity index (χ3v) is 4.66. The van der Waals surface area contributed by atoms with E-state index in [4.69, 9.17) is 0 Å². The van der Waals surface area contributed by atoms with Gasteiger partial charge >= 0.3 is 0 Å². The molecule has 1 amide bonds. The number of carbonyl (C=O) groups excluding carboxylic acids is 1. The molecule has 1 aromatic heterocycles. The van der Waals surface area contributed by atoms with Gasteiger partial charge in [-0.3, -0.25) is 4.79 Å². The van der Waals surface area contributed by atoms with Gasteiger partial charge in [-0.25, -0.2) is 9.37 Å². The Labute approximate surface area is 120 Å². The SMILES string of the molecule is Cc1nc(C2CC2)sc1C(=O)NCc1ccccc1F. The zero-order valence-electron chi connectivity index (χ0n) is 11.1. The maximum Gasteiger partial charge on any atom is 0.263 e. The monoisotopic (exact) mass is 290 g/mol. The normalized spacial score (nSPS) is 14.3. The molecule has 1 aromatic carbocycles. The highest BCUT2D eigenvalue weighted by Crippen LogP contribution is 2.42. The van der Waals surface area contributed by atoms with Crippen molar-refractivity contribution in [1.82, 2.24) is 10.3 Å². The van der Waals surface area contributed by atoms with Crippen LogP contribution in [0.25, 0.3) is 0 Å². The van der Waals surface area contributed by atoms with E-state index in [1.54, 1.807) is 18.2 Å². The van der Waals surface area contributed by atoms with Gasteiger partial charge in [0.1, 0.15) is 10.7 Å². The minimum atomic E-state index is -0.299. The van der Waals surface area contributed by atoms with Crippen molar-refractivity contribution in [1.29, 1.82) is 0 Å². The van der Waals surface area contributed by atoms with Crippen LogP contribution in [-0.2, 0) is 6.54 Å². The molecule has 0 atom stereocenters. The minimum absolute atomic E-state index is 0.171. The molecule has 0 unspecified atom stereocenters. The van der Waals surface area contributed by atoms with Gasteiger partial charge in [-0.15, -0.1) is 11.3 Å². The van der Waals surface area contributed by atoms with Crippen LogP contribution in [0.3, 0.4) is 0 Å². The fourth-order valence-corrected chi connectivity index (χ4v) is 3.18. The minimum Gasteiger partial charge on any atom is -0.347 e. The average molecular weight is 290 g/mol. The number of halogens is 1. The lowest BCUT2D eigenvalue weighted by molar-refractivity contribution is 0.0954. The summed E-state index contributed by atoms with van der Waals surface area (Å²) >= 11 is 1.46. The van der Waals surface area contributed by atoms with Crippen molar-refractivity contribution in [2.45, 2.75) is 32.2 Å². The zero-order chi connectivity index (χ0) is 14.1. The van der Waals surface area contributed by atoms with E-state index in [9.17, 15) is 9.18 Å². The van der Waals surface area contributed by atoms with Crippen molar-refractivity contribution in [2.75, 3.05) is 0 Å². The summed E-state index contributed by atoms with van der Waals surface area (Å²) in [5.74, 6) is 0.0782. The molecule has 3 rings (SSSR count). The number of thiazole rings is 1. The van der Waals surface area contributed by atoms with Gasteiger partial charge in [0.25, 0.3) is 5.91 Å². The molecular weight excluding hydrogens is 275 g/mol. The predicted octanol–water partition coefficient (Wildman–Crippen LogP) is 3.40.